The highest BCUT2D eigenvalue weighted by Gasteiger charge is 2.27. The summed E-state index contributed by atoms with van der Waals surface area (Å²) in [5.74, 6) is 0.676. The van der Waals surface area contributed by atoms with Crippen molar-refractivity contribution >= 4 is 17.5 Å². The maximum Gasteiger partial charge on any atom is 0.320 e. The smallest absolute Gasteiger partial charge is 0.320 e. The number of pyridine rings is 1. The van der Waals surface area contributed by atoms with Gasteiger partial charge in [-0.05, 0) is 12.1 Å². The number of carbonyl (C=O) groups excluding carboxylic acids is 1. The summed E-state index contributed by atoms with van der Waals surface area (Å²) in [4.78, 5) is 35.1. The first-order valence-corrected chi connectivity index (χ1v) is 8.57. The fourth-order valence-corrected chi connectivity index (χ4v) is 3.28. The molecular formula is C17H21N5O3. The first-order chi connectivity index (χ1) is 12.2. The molecule has 0 radical (unpaired) electrons. The Bertz CT molecular complexity index is 822. The first kappa shape index (κ1) is 15.9. The van der Waals surface area contributed by atoms with Crippen molar-refractivity contribution in [2.45, 2.75) is 0 Å². The molecule has 2 amide bonds. The molecule has 0 saturated carbocycles. The van der Waals surface area contributed by atoms with E-state index in [1.165, 1.54) is 4.40 Å². The van der Waals surface area contributed by atoms with Crippen molar-refractivity contribution in [2.75, 3.05) is 57.4 Å². The van der Waals surface area contributed by atoms with Gasteiger partial charge in [-0.15, -0.1) is 0 Å². The van der Waals surface area contributed by atoms with Crippen LogP contribution >= 0.6 is 0 Å². The average molecular weight is 343 g/mol. The number of morpholine rings is 1. The number of urea groups is 1. The van der Waals surface area contributed by atoms with E-state index in [1.54, 1.807) is 12.3 Å². The molecule has 132 valence electrons. The molecular weight excluding hydrogens is 322 g/mol. The average Bonchev–Trinajstić information content (AvgIpc) is 2.68. The summed E-state index contributed by atoms with van der Waals surface area (Å²) in [5.41, 5.74) is 0.546. The SMILES string of the molecule is O=C(N1CCOCC1)N1CCN(c2cc(=O)n3ccccc3n2)CC1. The van der Waals surface area contributed by atoms with Crippen molar-refractivity contribution < 1.29 is 9.53 Å². The highest BCUT2D eigenvalue weighted by atomic mass is 16.5. The first-order valence-electron chi connectivity index (χ1n) is 8.57. The number of piperazine rings is 1. The fourth-order valence-electron chi connectivity index (χ4n) is 3.28. The Balaban J connectivity index is 1.45. The van der Waals surface area contributed by atoms with Crippen LogP contribution in [0.5, 0.6) is 0 Å². The monoisotopic (exact) mass is 343 g/mol. The highest BCUT2D eigenvalue weighted by molar-refractivity contribution is 5.75. The zero-order valence-corrected chi connectivity index (χ0v) is 14.0. The summed E-state index contributed by atoms with van der Waals surface area (Å²) in [6, 6.07) is 7.14. The van der Waals surface area contributed by atoms with Crippen molar-refractivity contribution in [3.63, 3.8) is 0 Å². The van der Waals surface area contributed by atoms with Crippen LogP contribution in [0.15, 0.2) is 35.3 Å². The molecule has 4 rings (SSSR count). The van der Waals surface area contributed by atoms with Crippen LogP contribution in [0.4, 0.5) is 10.6 Å². The molecule has 0 unspecified atom stereocenters. The predicted octanol–water partition coefficient (Wildman–Crippen LogP) is 0.269. The topological polar surface area (TPSA) is 70.4 Å². The molecule has 2 aliphatic rings. The third-order valence-corrected chi connectivity index (χ3v) is 4.71. The van der Waals surface area contributed by atoms with Gasteiger partial charge in [0.15, 0.2) is 0 Å². The van der Waals surface area contributed by atoms with Gasteiger partial charge in [-0.25, -0.2) is 9.78 Å². The lowest BCUT2D eigenvalue weighted by Gasteiger charge is -2.38. The highest BCUT2D eigenvalue weighted by Crippen LogP contribution is 2.14. The molecule has 0 N–H and O–H groups in total. The molecule has 2 aromatic heterocycles. The van der Waals surface area contributed by atoms with Crippen LogP contribution in [0.1, 0.15) is 0 Å². The maximum atomic E-state index is 12.5. The number of carbonyl (C=O) groups is 1. The lowest BCUT2D eigenvalue weighted by atomic mass is 10.3. The molecule has 2 aliphatic heterocycles. The van der Waals surface area contributed by atoms with E-state index in [9.17, 15) is 9.59 Å². The number of anilines is 1. The molecule has 8 heteroatoms. The van der Waals surface area contributed by atoms with Gasteiger partial charge in [-0.3, -0.25) is 9.20 Å². The zero-order valence-electron chi connectivity index (χ0n) is 14.0. The van der Waals surface area contributed by atoms with E-state index in [-0.39, 0.29) is 11.6 Å². The van der Waals surface area contributed by atoms with Crippen molar-refractivity contribution in [3.8, 4) is 0 Å². The van der Waals surface area contributed by atoms with E-state index >= 15 is 0 Å². The zero-order chi connectivity index (χ0) is 17.2. The summed E-state index contributed by atoms with van der Waals surface area (Å²) in [7, 11) is 0. The summed E-state index contributed by atoms with van der Waals surface area (Å²) in [6.07, 6.45) is 1.72. The maximum absolute atomic E-state index is 12.5. The van der Waals surface area contributed by atoms with Gasteiger partial charge in [0.2, 0.25) is 0 Å². The number of nitrogens with zero attached hydrogens (tertiary/aromatic N) is 5. The van der Waals surface area contributed by atoms with Gasteiger partial charge >= 0.3 is 6.03 Å². The summed E-state index contributed by atoms with van der Waals surface area (Å²) < 4.78 is 6.83. The fraction of sp³-hybridized carbons (Fsp3) is 0.471. The number of rotatable bonds is 1. The largest absolute Gasteiger partial charge is 0.378 e. The van der Waals surface area contributed by atoms with Gasteiger partial charge in [0.1, 0.15) is 11.5 Å². The minimum Gasteiger partial charge on any atom is -0.378 e. The molecule has 4 heterocycles. The van der Waals surface area contributed by atoms with Crippen molar-refractivity contribution in [3.05, 3.63) is 40.8 Å². The minimum absolute atomic E-state index is 0.0782. The number of ether oxygens (including phenoxy) is 1. The number of hydrogen-bond acceptors (Lipinski definition) is 5. The lowest BCUT2D eigenvalue weighted by Crippen LogP contribution is -2.55. The Morgan fingerprint density at radius 3 is 2.48 bits per heavy atom. The Morgan fingerprint density at radius 2 is 1.72 bits per heavy atom. The van der Waals surface area contributed by atoms with E-state index in [2.05, 4.69) is 9.88 Å². The van der Waals surface area contributed by atoms with E-state index in [4.69, 9.17) is 4.74 Å². The van der Waals surface area contributed by atoms with E-state index in [1.807, 2.05) is 28.0 Å². The second-order valence-corrected chi connectivity index (χ2v) is 6.24. The molecule has 2 fully saturated rings. The second kappa shape index (κ2) is 6.72. The molecule has 0 bridgehead atoms. The summed E-state index contributed by atoms with van der Waals surface area (Å²) in [5, 5.41) is 0. The molecule has 2 saturated heterocycles. The third-order valence-electron chi connectivity index (χ3n) is 4.71. The van der Waals surface area contributed by atoms with Crippen LogP contribution in [-0.2, 0) is 4.74 Å². The second-order valence-electron chi connectivity index (χ2n) is 6.24. The Morgan fingerprint density at radius 1 is 1.00 bits per heavy atom. The van der Waals surface area contributed by atoms with Crippen molar-refractivity contribution in [1.29, 1.82) is 0 Å². The van der Waals surface area contributed by atoms with Gasteiger partial charge in [0.05, 0.1) is 13.2 Å². The molecule has 0 aliphatic carbocycles. The van der Waals surface area contributed by atoms with Crippen molar-refractivity contribution in [1.82, 2.24) is 19.2 Å². The molecule has 25 heavy (non-hydrogen) atoms. The third kappa shape index (κ3) is 3.17. The Labute approximate surface area is 145 Å². The van der Waals surface area contributed by atoms with E-state index < -0.39 is 0 Å². The summed E-state index contributed by atoms with van der Waals surface area (Å²) in [6.45, 7) is 5.13. The Hall–Kier alpha value is -2.61. The Kier molecular flexibility index (Phi) is 4.27. The van der Waals surface area contributed by atoms with Crippen LogP contribution in [0.3, 0.4) is 0 Å². The molecule has 0 atom stereocenters. The quantitative estimate of drug-likeness (QED) is 0.743. The van der Waals surface area contributed by atoms with Crippen LogP contribution in [0, 0.1) is 0 Å². The van der Waals surface area contributed by atoms with Crippen LogP contribution in [-0.4, -0.2) is 77.7 Å². The normalized spacial score (nSPS) is 18.6. The van der Waals surface area contributed by atoms with Crippen LogP contribution < -0.4 is 10.5 Å². The van der Waals surface area contributed by atoms with Crippen molar-refractivity contribution in [2.24, 2.45) is 0 Å². The number of fused-ring (bicyclic) bond motifs is 1. The van der Waals surface area contributed by atoms with Gasteiger partial charge in [-0.1, -0.05) is 6.07 Å². The van der Waals surface area contributed by atoms with Crippen LogP contribution in [0.25, 0.3) is 5.65 Å². The lowest BCUT2D eigenvalue weighted by molar-refractivity contribution is 0.0428. The van der Waals surface area contributed by atoms with Crippen LogP contribution in [0.2, 0.25) is 0 Å². The molecule has 0 aromatic carbocycles. The van der Waals surface area contributed by atoms with E-state index in [0.717, 1.165) is 0 Å². The number of hydrogen-bond donors (Lipinski definition) is 0. The molecule has 0 spiro atoms. The van der Waals surface area contributed by atoms with Gasteiger partial charge < -0.3 is 19.4 Å². The van der Waals surface area contributed by atoms with Gasteiger partial charge in [0, 0.05) is 51.5 Å². The predicted molar refractivity (Wildman–Crippen MR) is 93.0 cm³/mol. The van der Waals surface area contributed by atoms with E-state index in [0.29, 0.717) is 63.9 Å². The minimum atomic E-state index is -0.0903. The number of aromatic nitrogens is 2. The number of amides is 2. The molecule has 2 aromatic rings. The standard InChI is InChI=1S/C17H21N5O3/c23-16-13-15(18-14-3-1-2-4-22(14)16)19-5-7-20(8-6-19)17(24)21-9-11-25-12-10-21/h1-4,13H,5-12H2. The summed E-state index contributed by atoms with van der Waals surface area (Å²) >= 11 is 0. The molecule has 8 nitrogen and oxygen atoms in total. The van der Waals surface area contributed by atoms with Gasteiger partial charge in [-0.2, -0.15) is 0 Å². The van der Waals surface area contributed by atoms with Gasteiger partial charge in [0.25, 0.3) is 5.56 Å².